The second-order valence-corrected chi connectivity index (χ2v) is 4.26. The first-order valence-electron chi connectivity index (χ1n) is 4.84. The van der Waals surface area contributed by atoms with Gasteiger partial charge in [0.1, 0.15) is 5.52 Å². The summed E-state index contributed by atoms with van der Waals surface area (Å²) in [5.74, 6) is 0. The molecular formula is C11H9N3OS. The standard InChI is InChI=1S/C11H9N3OS/c1-16-11-12-10(15)9-6-7-4-2-3-5-8(7)14(9)13-11/h2-6H,1H3,(H,12,13,15). The molecule has 0 saturated carbocycles. The zero-order valence-corrected chi connectivity index (χ0v) is 9.41. The van der Waals surface area contributed by atoms with Gasteiger partial charge in [0.2, 0.25) is 0 Å². The summed E-state index contributed by atoms with van der Waals surface area (Å²) in [5.41, 5.74) is 1.44. The van der Waals surface area contributed by atoms with Gasteiger partial charge >= 0.3 is 0 Å². The molecule has 1 N–H and O–H groups in total. The molecule has 0 radical (unpaired) electrons. The largest absolute Gasteiger partial charge is 0.298 e. The van der Waals surface area contributed by atoms with E-state index in [1.54, 1.807) is 4.52 Å². The van der Waals surface area contributed by atoms with Gasteiger partial charge in [0.15, 0.2) is 5.16 Å². The molecule has 2 aromatic heterocycles. The average Bonchev–Trinajstić information content (AvgIpc) is 2.68. The molecule has 0 spiro atoms. The molecule has 0 bridgehead atoms. The van der Waals surface area contributed by atoms with Crippen molar-refractivity contribution < 1.29 is 0 Å². The number of fused-ring (bicyclic) bond motifs is 3. The Labute approximate surface area is 95.3 Å². The predicted octanol–water partition coefficient (Wildman–Crippen LogP) is 1.90. The molecule has 0 fully saturated rings. The van der Waals surface area contributed by atoms with Crippen LogP contribution in [0.3, 0.4) is 0 Å². The predicted molar refractivity (Wildman–Crippen MR) is 65.1 cm³/mol. The third-order valence-corrected chi connectivity index (χ3v) is 3.09. The Morgan fingerprint density at radius 3 is 2.94 bits per heavy atom. The quantitative estimate of drug-likeness (QED) is 0.651. The number of thioether (sulfide) groups is 1. The molecule has 0 aliphatic heterocycles. The van der Waals surface area contributed by atoms with Crippen LogP contribution in [0.2, 0.25) is 0 Å². The van der Waals surface area contributed by atoms with Gasteiger partial charge in [-0.2, -0.15) is 0 Å². The van der Waals surface area contributed by atoms with E-state index >= 15 is 0 Å². The van der Waals surface area contributed by atoms with Crippen molar-refractivity contribution in [3.8, 4) is 0 Å². The van der Waals surface area contributed by atoms with E-state index in [1.807, 2.05) is 36.6 Å². The minimum absolute atomic E-state index is 0.101. The van der Waals surface area contributed by atoms with E-state index in [1.165, 1.54) is 11.8 Å². The van der Waals surface area contributed by atoms with Crippen molar-refractivity contribution in [1.82, 2.24) is 14.6 Å². The summed E-state index contributed by atoms with van der Waals surface area (Å²) in [6.07, 6.45) is 1.88. The maximum Gasteiger partial charge on any atom is 0.275 e. The highest BCUT2D eigenvalue weighted by molar-refractivity contribution is 7.98. The first kappa shape index (κ1) is 9.47. The summed E-state index contributed by atoms with van der Waals surface area (Å²) >= 11 is 1.42. The monoisotopic (exact) mass is 231 g/mol. The molecule has 0 aliphatic rings. The van der Waals surface area contributed by atoms with Crippen molar-refractivity contribution in [1.29, 1.82) is 0 Å². The lowest BCUT2D eigenvalue weighted by atomic mass is 10.2. The Morgan fingerprint density at radius 2 is 2.12 bits per heavy atom. The minimum atomic E-state index is -0.101. The van der Waals surface area contributed by atoms with Gasteiger partial charge in [0.05, 0.1) is 5.52 Å². The van der Waals surface area contributed by atoms with Crippen LogP contribution in [0.4, 0.5) is 0 Å². The molecule has 0 saturated heterocycles. The third kappa shape index (κ3) is 1.25. The van der Waals surface area contributed by atoms with E-state index in [9.17, 15) is 4.79 Å². The van der Waals surface area contributed by atoms with Gasteiger partial charge in [0, 0.05) is 5.39 Å². The van der Waals surface area contributed by atoms with Crippen LogP contribution in [0.25, 0.3) is 16.4 Å². The second-order valence-electron chi connectivity index (χ2n) is 3.46. The first-order chi connectivity index (χ1) is 7.79. The number of benzene rings is 1. The number of H-pyrrole nitrogens is 1. The van der Waals surface area contributed by atoms with Crippen molar-refractivity contribution in [3.05, 3.63) is 40.7 Å². The van der Waals surface area contributed by atoms with Crippen molar-refractivity contribution in [2.45, 2.75) is 5.16 Å². The van der Waals surface area contributed by atoms with Crippen LogP contribution >= 0.6 is 11.8 Å². The zero-order valence-electron chi connectivity index (χ0n) is 8.60. The summed E-state index contributed by atoms with van der Waals surface area (Å²) in [5, 5.41) is 6.02. The molecule has 0 aliphatic carbocycles. The summed E-state index contributed by atoms with van der Waals surface area (Å²) in [7, 11) is 0. The van der Waals surface area contributed by atoms with Crippen LogP contribution in [-0.2, 0) is 0 Å². The summed E-state index contributed by atoms with van der Waals surface area (Å²) in [4.78, 5) is 14.5. The Kier molecular flexibility index (Phi) is 2.00. The lowest BCUT2D eigenvalue weighted by Crippen LogP contribution is -2.12. The number of nitrogens with one attached hydrogen (secondary N) is 1. The molecule has 16 heavy (non-hydrogen) atoms. The molecule has 2 heterocycles. The Morgan fingerprint density at radius 1 is 1.31 bits per heavy atom. The van der Waals surface area contributed by atoms with E-state index in [-0.39, 0.29) is 5.56 Å². The Hall–Kier alpha value is -1.75. The number of hydrogen-bond donors (Lipinski definition) is 1. The molecular weight excluding hydrogens is 222 g/mol. The minimum Gasteiger partial charge on any atom is -0.298 e. The van der Waals surface area contributed by atoms with Crippen LogP contribution in [-0.4, -0.2) is 20.9 Å². The highest BCUT2D eigenvalue weighted by Crippen LogP contribution is 2.17. The zero-order chi connectivity index (χ0) is 11.1. The third-order valence-electron chi connectivity index (χ3n) is 2.52. The fraction of sp³-hybridized carbons (Fsp3) is 0.0909. The van der Waals surface area contributed by atoms with E-state index in [0.29, 0.717) is 10.7 Å². The highest BCUT2D eigenvalue weighted by atomic mass is 32.2. The molecule has 1 aromatic carbocycles. The number of nitrogens with zero attached hydrogens (tertiary/aromatic N) is 2. The fourth-order valence-electron chi connectivity index (χ4n) is 1.78. The van der Waals surface area contributed by atoms with Crippen LogP contribution in [0, 0.1) is 0 Å². The number of hydrogen-bond acceptors (Lipinski definition) is 3. The number of para-hydroxylation sites is 1. The van der Waals surface area contributed by atoms with Crippen LogP contribution in [0.15, 0.2) is 40.3 Å². The van der Waals surface area contributed by atoms with E-state index in [2.05, 4.69) is 10.1 Å². The fourth-order valence-corrected chi connectivity index (χ4v) is 2.14. The van der Waals surface area contributed by atoms with Gasteiger partial charge in [0.25, 0.3) is 5.56 Å². The number of aromatic amines is 1. The van der Waals surface area contributed by atoms with Crippen molar-refractivity contribution in [3.63, 3.8) is 0 Å². The van der Waals surface area contributed by atoms with E-state index in [4.69, 9.17) is 0 Å². The number of rotatable bonds is 1. The van der Waals surface area contributed by atoms with E-state index < -0.39 is 0 Å². The summed E-state index contributed by atoms with van der Waals surface area (Å²) in [6.45, 7) is 0. The van der Waals surface area contributed by atoms with Gasteiger partial charge in [-0.15, -0.1) is 5.10 Å². The van der Waals surface area contributed by atoms with Crippen molar-refractivity contribution in [2.75, 3.05) is 6.26 Å². The van der Waals surface area contributed by atoms with Gasteiger partial charge in [-0.25, -0.2) is 4.52 Å². The van der Waals surface area contributed by atoms with Gasteiger partial charge in [-0.05, 0) is 18.4 Å². The van der Waals surface area contributed by atoms with Crippen LogP contribution < -0.4 is 5.56 Å². The second kappa shape index (κ2) is 3.38. The lowest BCUT2D eigenvalue weighted by molar-refractivity contribution is 0.801. The van der Waals surface area contributed by atoms with Gasteiger partial charge < -0.3 is 0 Å². The van der Waals surface area contributed by atoms with Crippen molar-refractivity contribution in [2.24, 2.45) is 0 Å². The van der Waals surface area contributed by atoms with Crippen molar-refractivity contribution >= 4 is 28.2 Å². The SMILES string of the molecule is CSc1nn2c(cc3ccccc32)c(=O)[nH]1. The summed E-state index contributed by atoms with van der Waals surface area (Å²) in [6, 6.07) is 9.67. The Bertz CT molecular complexity index is 729. The molecule has 0 unspecified atom stereocenters. The molecule has 3 aromatic rings. The topological polar surface area (TPSA) is 50.2 Å². The van der Waals surface area contributed by atoms with E-state index in [0.717, 1.165) is 10.9 Å². The molecule has 3 rings (SSSR count). The normalized spacial score (nSPS) is 11.3. The molecule has 5 heteroatoms. The maximum atomic E-state index is 11.8. The maximum absolute atomic E-state index is 11.8. The van der Waals surface area contributed by atoms with Gasteiger partial charge in [-0.3, -0.25) is 9.78 Å². The lowest BCUT2D eigenvalue weighted by Gasteiger charge is -1.98. The molecule has 0 amide bonds. The summed E-state index contributed by atoms with van der Waals surface area (Å²) < 4.78 is 1.69. The molecule has 80 valence electrons. The van der Waals surface area contributed by atoms with Gasteiger partial charge in [-0.1, -0.05) is 30.0 Å². The first-order valence-corrected chi connectivity index (χ1v) is 6.07. The molecule has 4 nitrogen and oxygen atoms in total. The highest BCUT2D eigenvalue weighted by Gasteiger charge is 2.07. The van der Waals surface area contributed by atoms with Crippen LogP contribution in [0.1, 0.15) is 0 Å². The Balaban J connectivity index is 2.56. The average molecular weight is 231 g/mol. The molecule has 0 atom stereocenters. The number of aromatic nitrogens is 3. The van der Waals surface area contributed by atoms with Crippen LogP contribution in [0.5, 0.6) is 0 Å². The smallest absolute Gasteiger partial charge is 0.275 e.